The third-order valence-corrected chi connectivity index (χ3v) is 3.70. The Labute approximate surface area is 140 Å². The number of benzene rings is 2. The molecule has 1 heterocycles. The van der Waals surface area contributed by atoms with Crippen molar-refractivity contribution in [2.45, 2.75) is 6.10 Å². The molecule has 0 fully saturated rings. The molecule has 3 aromatic rings. The van der Waals surface area contributed by atoms with E-state index in [1.165, 1.54) is 18.3 Å². The molecule has 0 aliphatic carbocycles. The van der Waals surface area contributed by atoms with Crippen molar-refractivity contribution in [2.24, 2.45) is 0 Å². The SMILES string of the molecule is O=C(NCC(O)c1c(F)cccc1F)c1cc(F)cc2cccnc12. The van der Waals surface area contributed by atoms with Gasteiger partial charge in [0.15, 0.2) is 0 Å². The first kappa shape index (κ1) is 16.9. The van der Waals surface area contributed by atoms with E-state index in [-0.39, 0.29) is 11.1 Å². The van der Waals surface area contributed by atoms with Gasteiger partial charge in [0, 0.05) is 18.1 Å². The lowest BCUT2D eigenvalue weighted by atomic mass is 10.1. The van der Waals surface area contributed by atoms with Crippen LogP contribution >= 0.6 is 0 Å². The monoisotopic (exact) mass is 346 g/mol. The topological polar surface area (TPSA) is 62.2 Å². The molecule has 3 rings (SSSR count). The third-order valence-electron chi connectivity index (χ3n) is 3.70. The quantitative estimate of drug-likeness (QED) is 0.763. The molecule has 4 nitrogen and oxygen atoms in total. The Morgan fingerprint density at radius 1 is 1.12 bits per heavy atom. The first-order valence-corrected chi connectivity index (χ1v) is 7.42. The number of amides is 1. The highest BCUT2D eigenvalue weighted by Crippen LogP contribution is 2.21. The number of fused-ring (bicyclic) bond motifs is 1. The fraction of sp³-hybridized carbons (Fsp3) is 0.111. The van der Waals surface area contributed by atoms with Gasteiger partial charge in [0.05, 0.1) is 16.6 Å². The zero-order valence-electron chi connectivity index (χ0n) is 12.8. The Morgan fingerprint density at radius 2 is 1.84 bits per heavy atom. The molecule has 1 amide bonds. The van der Waals surface area contributed by atoms with E-state index < -0.39 is 41.6 Å². The number of nitrogens with one attached hydrogen (secondary N) is 1. The van der Waals surface area contributed by atoms with Gasteiger partial charge in [-0.15, -0.1) is 0 Å². The fourth-order valence-electron chi connectivity index (χ4n) is 2.54. The molecular weight excluding hydrogens is 333 g/mol. The maximum absolute atomic E-state index is 13.7. The van der Waals surface area contributed by atoms with Gasteiger partial charge in [0.25, 0.3) is 5.91 Å². The molecule has 7 heteroatoms. The molecule has 0 aliphatic rings. The van der Waals surface area contributed by atoms with E-state index in [2.05, 4.69) is 10.3 Å². The van der Waals surface area contributed by atoms with Crippen LogP contribution in [0.1, 0.15) is 22.0 Å². The molecule has 1 unspecified atom stereocenters. The minimum atomic E-state index is -1.59. The van der Waals surface area contributed by atoms with Crippen LogP contribution in [0.15, 0.2) is 48.7 Å². The van der Waals surface area contributed by atoms with E-state index >= 15 is 0 Å². The van der Waals surface area contributed by atoms with E-state index in [9.17, 15) is 23.1 Å². The minimum Gasteiger partial charge on any atom is -0.386 e. The van der Waals surface area contributed by atoms with Crippen molar-refractivity contribution in [3.63, 3.8) is 0 Å². The highest BCUT2D eigenvalue weighted by Gasteiger charge is 2.20. The van der Waals surface area contributed by atoms with Crippen molar-refractivity contribution < 1.29 is 23.1 Å². The second kappa shape index (κ2) is 6.90. The maximum Gasteiger partial charge on any atom is 0.253 e. The second-order valence-electron chi connectivity index (χ2n) is 5.39. The van der Waals surface area contributed by atoms with Crippen LogP contribution in [0.3, 0.4) is 0 Å². The summed E-state index contributed by atoms with van der Waals surface area (Å²) in [5.41, 5.74) is -0.283. The number of hydrogen-bond acceptors (Lipinski definition) is 3. The number of nitrogens with zero attached hydrogens (tertiary/aromatic N) is 1. The predicted molar refractivity (Wildman–Crippen MR) is 85.4 cm³/mol. The van der Waals surface area contributed by atoms with E-state index in [0.29, 0.717) is 5.39 Å². The van der Waals surface area contributed by atoms with Gasteiger partial charge >= 0.3 is 0 Å². The van der Waals surface area contributed by atoms with E-state index in [0.717, 1.165) is 18.2 Å². The highest BCUT2D eigenvalue weighted by atomic mass is 19.1. The Hall–Kier alpha value is -2.93. The molecule has 0 aliphatic heterocycles. The number of aliphatic hydroxyl groups excluding tert-OH is 1. The van der Waals surface area contributed by atoms with Gasteiger partial charge in [-0.3, -0.25) is 9.78 Å². The van der Waals surface area contributed by atoms with Gasteiger partial charge in [0.2, 0.25) is 0 Å². The summed E-state index contributed by atoms with van der Waals surface area (Å²) in [5, 5.41) is 12.7. The number of halogens is 3. The summed E-state index contributed by atoms with van der Waals surface area (Å²) < 4.78 is 40.9. The van der Waals surface area contributed by atoms with Crippen molar-refractivity contribution in [3.05, 3.63) is 77.2 Å². The number of aromatic nitrogens is 1. The van der Waals surface area contributed by atoms with Crippen molar-refractivity contribution in [1.29, 1.82) is 0 Å². The van der Waals surface area contributed by atoms with Crippen molar-refractivity contribution in [3.8, 4) is 0 Å². The largest absolute Gasteiger partial charge is 0.386 e. The smallest absolute Gasteiger partial charge is 0.253 e. The number of pyridine rings is 1. The molecular formula is C18H13F3N2O2. The maximum atomic E-state index is 13.7. The van der Waals surface area contributed by atoms with E-state index in [4.69, 9.17) is 0 Å². The molecule has 25 heavy (non-hydrogen) atoms. The number of carbonyl (C=O) groups is 1. The van der Waals surface area contributed by atoms with Gasteiger partial charge in [-0.25, -0.2) is 13.2 Å². The summed E-state index contributed by atoms with van der Waals surface area (Å²) >= 11 is 0. The summed E-state index contributed by atoms with van der Waals surface area (Å²) in [4.78, 5) is 16.3. The third kappa shape index (κ3) is 3.46. The molecule has 1 atom stereocenters. The predicted octanol–water partition coefficient (Wildman–Crippen LogP) is 3.12. The van der Waals surface area contributed by atoms with Crippen LogP contribution in [0.4, 0.5) is 13.2 Å². The lowest BCUT2D eigenvalue weighted by Gasteiger charge is -2.14. The standard InChI is InChI=1S/C18H13F3N2O2/c19-11-7-10-3-2-6-22-17(10)12(8-11)18(25)23-9-15(24)16-13(20)4-1-5-14(16)21/h1-8,15,24H,9H2,(H,23,25). The molecule has 2 N–H and O–H groups in total. The molecule has 0 spiro atoms. The zero-order valence-corrected chi connectivity index (χ0v) is 12.8. The molecule has 2 aromatic carbocycles. The molecule has 0 radical (unpaired) electrons. The summed E-state index contributed by atoms with van der Waals surface area (Å²) in [6.07, 6.45) is -0.126. The van der Waals surface area contributed by atoms with Crippen molar-refractivity contribution in [1.82, 2.24) is 10.3 Å². The molecule has 0 bridgehead atoms. The second-order valence-corrected chi connectivity index (χ2v) is 5.39. The van der Waals surface area contributed by atoms with E-state index in [1.807, 2.05) is 0 Å². The first-order chi connectivity index (χ1) is 12.0. The molecule has 0 saturated carbocycles. The summed E-state index contributed by atoms with van der Waals surface area (Å²) in [7, 11) is 0. The Kier molecular flexibility index (Phi) is 4.67. The Balaban J connectivity index is 1.82. The van der Waals surface area contributed by atoms with Crippen LogP contribution in [0.25, 0.3) is 10.9 Å². The zero-order chi connectivity index (χ0) is 18.0. The van der Waals surface area contributed by atoms with Crippen LogP contribution in [0, 0.1) is 17.5 Å². The molecule has 1 aromatic heterocycles. The van der Waals surface area contributed by atoms with Crippen LogP contribution in [0.2, 0.25) is 0 Å². The average molecular weight is 346 g/mol. The van der Waals surface area contributed by atoms with Gasteiger partial charge in [0.1, 0.15) is 23.6 Å². The summed E-state index contributed by atoms with van der Waals surface area (Å²) in [6, 6.07) is 8.65. The minimum absolute atomic E-state index is 0.0307. The Morgan fingerprint density at radius 3 is 2.56 bits per heavy atom. The number of aliphatic hydroxyl groups is 1. The first-order valence-electron chi connectivity index (χ1n) is 7.42. The highest BCUT2D eigenvalue weighted by molar-refractivity contribution is 6.05. The van der Waals surface area contributed by atoms with Crippen LogP contribution in [0.5, 0.6) is 0 Å². The van der Waals surface area contributed by atoms with Crippen molar-refractivity contribution >= 4 is 16.8 Å². The van der Waals surface area contributed by atoms with Crippen LogP contribution in [-0.4, -0.2) is 22.5 Å². The molecule has 128 valence electrons. The van der Waals surface area contributed by atoms with Gasteiger partial charge < -0.3 is 10.4 Å². The van der Waals surface area contributed by atoms with Gasteiger partial charge in [-0.05, 0) is 30.3 Å². The van der Waals surface area contributed by atoms with Crippen molar-refractivity contribution in [2.75, 3.05) is 6.54 Å². The summed E-state index contributed by atoms with van der Waals surface area (Å²) in [6.45, 7) is -0.443. The number of carbonyl (C=O) groups excluding carboxylic acids is 1. The Bertz CT molecular complexity index is 927. The number of rotatable bonds is 4. The lowest BCUT2D eigenvalue weighted by Crippen LogP contribution is -2.29. The normalized spacial score (nSPS) is 12.2. The fourth-order valence-corrected chi connectivity index (χ4v) is 2.54. The van der Waals surface area contributed by atoms with Crippen LogP contribution in [-0.2, 0) is 0 Å². The van der Waals surface area contributed by atoms with Gasteiger partial charge in [-0.2, -0.15) is 0 Å². The van der Waals surface area contributed by atoms with Crippen LogP contribution < -0.4 is 5.32 Å². The number of hydrogen-bond donors (Lipinski definition) is 2. The van der Waals surface area contributed by atoms with E-state index in [1.54, 1.807) is 12.1 Å². The lowest BCUT2D eigenvalue weighted by molar-refractivity contribution is 0.0912. The van der Waals surface area contributed by atoms with Gasteiger partial charge in [-0.1, -0.05) is 12.1 Å². The summed E-state index contributed by atoms with van der Waals surface area (Å²) in [5.74, 6) is -3.16. The average Bonchev–Trinajstić information content (AvgIpc) is 2.58. The molecule has 0 saturated heterocycles.